The van der Waals surface area contributed by atoms with Crippen LogP contribution in [0.5, 0.6) is 0 Å². The van der Waals surface area contributed by atoms with E-state index in [1.54, 1.807) is 4.90 Å². The van der Waals surface area contributed by atoms with Gasteiger partial charge in [0.05, 0.1) is 19.1 Å². The van der Waals surface area contributed by atoms with Crippen LogP contribution >= 0.6 is 12.4 Å². The molecule has 2 fully saturated rings. The molecular formula is C12H20ClF2N3O2. The fraction of sp³-hybridized carbons (Fsp3) is 0.833. The number of likely N-dealkylation sites (tertiary alicyclic amines) is 1. The first-order chi connectivity index (χ1) is 8.98. The molecule has 0 aromatic carbocycles. The zero-order valence-electron chi connectivity index (χ0n) is 11.2. The highest BCUT2D eigenvalue weighted by Gasteiger charge is 2.42. The Morgan fingerprint density at radius 1 is 1.25 bits per heavy atom. The fourth-order valence-electron chi connectivity index (χ4n) is 2.44. The van der Waals surface area contributed by atoms with Crippen LogP contribution in [0, 0.1) is 0 Å². The molecule has 2 saturated heterocycles. The molecule has 2 aliphatic heterocycles. The molecule has 116 valence electrons. The number of carbonyl (C=O) groups is 2. The van der Waals surface area contributed by atoms with Gasteiger partial charge in [-0.05, 0) is 19.3 Å². The molecule has 0 bridgehead atoms. The highest BCUT2D eigenvalue weighted by atomic mass is 35.5. The van der Waals surface area contributed by atoms with Crippen LogP contribution in [0.1, 0.15) is 25.7 Å². The first kappa shape index (κ1) is 17.1. The van der Waals surface area contributed by atoms with Crippen LogP contribution in [-0.2, 0) is 9.59 Å². The molecule has 1 unspecified atom stereocenters. The number of amides is 2. The van der Waals surface area contributed by atoms with Gasteiger partial charge in [0, 0.05) is 19.5 Å². The topological polar surface area (TPSA) is 61.4 Å². The second-order valence-electron chi connectivity index (χ2n) is 5.15. The van der Waals surface area contributed by atoms with Gasteiger partial charge in [0.2, 0.25) is 11.8 Å². The van der Waals surface area contributed by atoms with Crippen molar-refractivity contribution in [3.05, 3.63) is 0 Å². The van der Waals surface area contributed by atoms with E-state index in [1.165, 1.54) is 0 Å². The molecule has 0 aromatic rings. The van der Waals surface area contributed by atoms with Crippen molar-refractivity contribution < 1.29 is 18.4 Å². The van der Waals surface area contributed by atoms with Crippen LogP contribution in [-0.4, -0.2) is 54.9 Å². The molecule has 0 saturated carbocycles. The van der Waals surface area contributed by atoms with Crippen LogP contribution in [0.2, 0.25) is 0 Å². The van der Waals surface area contributed by atoms with E-state index in [1.807, 2.05) is 0 Å². The molecule has 2 N–H and O–H groups in total. The van der Waals surface area contributed by atoms with Crippen molar-refractivity contribution in [3.63, 3.8) is 0 Å². The maximum Gasteiger partial charge on any atom is 0.262 e. The lowest BCUT2D eigenvalue weighted by atomic mass is 10.1. The third kappa shape index (κ3) is 4.56. The number of nitrogens with one attached hydrogen (secondary N) is 2. The summed E-state index contributed by atoms with van der Waals surface area (Å²) in [5, 5.41) is 4.90. The summed E-state index contributed by atoms with van der Waals surface area (Å²) in [6.45, 7) is 0.844. The van der Waals surface area contributed by atoms with Gasteiger partial charge >= 0.3 is 0 Å². The highest BCUT2D eigenvalue weighted by Crippen LogP contribution is 2.24. The van der Waals surface area contributed by atoms with Gasteiger partial charge in [-0.3, -0.25) is 14.9 Å². The van der Waals surface area contributed by atoms with E-state index in [0.717, 1.165) is 19.3 Å². The number of hydrogen-bond acceptors (Lipinski definition) is 3. The van der Waals surface area contributed by atoms with Crippen molar-refractivity contribution in [1.82, 2.24) is 15.5 Å². The SMILES string of the molecule is Cl.O=C(NCC(=O)N1CCCCC1)C1CC(F)(F)CN1. The third-order valence-corrected chi connectivity index (χ3v) is 3.55. The summed E-state index contributed by atoms with van der Waals surface area (Å²) in [4.78, 5) is 25.1. The first-order valence-electron chi connectivity index (χ1n) is 6.65. The second kappa shape index (κ2) is 7.17. The minimum absolute atomic E-state index is 0. The molecule has 0 radical (unpaired) electrons. The minimum atomic E-state index is -2.83. The standard InChI is InChI=1S/C12H19F2N3O2.ClH/c13-12(14)6-9(16-8-12)11(19)15-7-10(18)17-4-2-1-3-5-17;/h9,16H,1-8H2,(H,15,19);1H. The average Bonchev–Trinajstić information content (AvgIpc) is 2.77. The van der Waals surface area contributed by atoms with Gasteiger partial charge in [0.1, 0.15) is 0 Å². The van der Waals surface area contributed by atoms with Crippen molar-refractivity contribution in [2.45, 2.75) is 37.6 Å². The van der Waals surface area contributed by atoms with Crippen LogP contribution < -0.4 is 10.6 Å². The van der Waals surface area contributed by atoms with Crippen molar-refractivity contribution in [1.29, 1.82) is 0 Å². The predicted octanol–water partition coefficient (Wildman–Crippen LogP) is 0.534. The van der Waals surface area contributed by atoms with E-state index in [0.29, 0.717) is 13.1 Å². The Morgan fingerprint density at radius 2 is 1.90 bits per heavy atom. The molecule has 2 amide bonds. The number of hydrogen-bond donors (Lipinski definition) is 2. The Labute approximate surface area is 122 Å². The van der Waals surface area contributed by atoms with Crippen molar-refractivity contribution in [2.24, 2.45) is 0 Å². The maximum absolute atomic E-state index is 12.9. The first-order valence-corrected chi connectivity index (χ1v) is 6.65. The third-order valence-electron chi connectivity index (χ3n) is 3.55. The summed E-state index contributed by atoms with van der Waals surface area (Å²) in [6, 6.07) is -0.899. The summed E-state index contributed by atoms with van der Waals surface area (Å²) < 4.78 is 25.9. The van der Waals surface area contributed by atoms with Gasteiger partial charge in [-0.1, -0.05) is 0 Å². The summed E-state index contributed by atoms with van der Waals surface area (Å²) in [6.07, 6.45) is 2.58. The number of alkyl halides is 2. The van der Waals surface area contributed by atoms with Crippen LogP contribution in [0.25, 0.3) is 0 Å². The molecule has 20 heavy (non-hydrogen) atoms. The minimum Gasteiger partial charge on any atom is -0.346 e. The molecule has 2 heterocycles. The Balaban J connectivity index is 0.00000200. The van der Waals surface area contributed by atoms with E-state index in [4.69, 9.17) is 0 Å². The number of piperidine rings is 1. The lowest BCUT2D eigenvalue weighted by Gasteiger charge is -2.26. The second-order valence-corrected chi connectivity index (χ2v) is 5.15. The largest absolute Gasteiger partial charge is 0.346 e. The van der Waals surface area contributed by atoms with Gasteiger partial charge in [0.15, 0.2) is 0 Å². The monoisotopic (exact) mass is 311 g/mol. The van der Waals surface area contributed by atoms with E-state index in [2.05, 4.69) is 10.6 Å². The maximum atomic E-state index is 12.9. The smallest absolute Gasteiger partial charge is 0.262 e. The Kier molecular flexibility index (Phi) is 6.13. The van der Waals surface area contributed by atoms with Gasteiger partial charge in [-0.15, -0.1) is 12.4 Å². The molecule has 2 rings (SSSR count). The molecule has 8 heteroatoms. The summed E-state index contributed by atoms with van der Waals surface area (Å²) in [7, 11) is 0. The van der Waals surface area contributed by atoms with Crippen LogP contribution in [0.3, 0.4) is 0 Å². The summed E-state index contributed by atoms with van der Waals surface area (Å²) >= 11 is 0. The number of carbonyl (C=O) groups excluding carboxylic acids is 2. The zero-order valence-corrected chi connectivity index (χ0v) is 12.0. The van der Waals surface area contributed by atoms with Gasteiger partial charge < -0.3 is 10.2 Å². The predicted molar refractivity (Wildman–Crippen MR) is 72.0 cm³/mol. The van der Waals surface area contributed by atoms with Crippen LogP contribution in [0.4, 0.5) is 8.78 Å². The van der Waals surface area contributed by atoms with E-state index >= 15 is 0 Å². The number of rotatable bonds is 3. The lowest BCUT2D eigenvalue weighted by Crippen LogP contribution is -2.46. The van der Waals surface area contributed by atoms with Gasteiger partial charge in [0.25, 0.3) is 5.92 Å². The Hall–Kier alpha value is -0.950. The molecule has 0 spiro atoms. The van der Waals surface area contributed by atoms with E-state index < -0.39 is 30.8 Å². The highest BCUT2D eigenvalue weighted by molar-refractivity contribution is 5.87. The lowest BCUT2D eigenvalue weighted by molar-refractivity contribution is -0.134. The quantitative estimate of drug-likeness (QED) is 0.799. The molecule has 1 atom stereocenters. The Bertz CT molecular complexity index is 363. The van der Waals surface area contributed by atoms with E-state index in [-0.39, 0.29) is 24.9 Å². The molecule has 0 aromatic heterocycles. The van der Waals surface area contributed by atoms with Crippen molar-refractivity contribution >= 4 is 24.2 Å². The summed E-state index contributed by atoms with van der Waals surface area (Å²) in [5.74, 6) is -3.50. The molecule has 0 aliphatic carbocycles. The van der Waals surface area contributed by atoms with Gasteiger partial charge in [-0.25, -0.2) is 8.78 Å². The van der Waals surface area contributed by atoms with Gasteiger partial charge in [-0.2, -0.15) is 0 Å². The Morgan fingerprint density at radius 3 is 2.45 bits per heavy atom. The molecule has 2 aliphatic rings. The molecular weight excluding hydrogens is 292 g/mol. The summed E-state index contributed by atoms with van der Waals surface area (Å²) in [5.41, 5.74) is 0. The van der Waals surface area contributed by atoms with Crippen LogP contribution in [0.15, 0.2) is 0 Å². The van der Waals surface area contributed by atoms with Crippen molar-refractivity contribution in [2.75, 3.05) is 26.2 Å². The average molecular weight is 312 g/mol. The number of nitrogens with zero attached hydrogens (tertiary/aromatic N) is 1. The number of halogens is 3. The molecule has 5 nitrogen and oxygen atoms in total. The normalized spacial score (nSPS) is 24.9. The fourth-order valence-corrected chi connectivity index (χ4v) is 2.44. The van der Waals surface area contributed by atoms with Crippen molar-refractivity contribution in [3.8, 4) is 0 Å². The zero-order chi connectivity index (χ0) is 13.9. The van der Waals surface area contributed by atoms with E-state index in [9.17, 15) is 18.4 Å².